The van der Waals surface area contributed by atoms with Crippen LogP contribution >= 0.6 is 11.3 Å². The number of ether oxygens (including phenoxy) is 1. The fourth-order valence-electron chi connectivity index (χ4n) is 3.14. The summed E-state index contributed by atoms with van der Waals surface area (Å²) < 4.78 is 5.89. The van der Waals surface area contributed by atoms with Crippen LogP contribution in [-0.2, 0) is 16.1 Å². The fraction of sp³-hybridized carbons (Fsp3) is 0.0909. The van der Waals surface area contributed by atoms with Crippen LogP contribution in [0.25, 0.3) is 21.3 Å². The van der Waals surface area contributed by atoms with Crippen LogP contribution in [0.15, 0.2) is 70.8 Å². The van der Waals surface area contributed by atoms with Crippen LogP contribution in [0.3, 0.4) is 0 Å². The molecule has 4 rings (SSSR count). The van der Waals surface area contributed by atoms with Gasteiger partial charge in [0.15, 0.2) is 0 Å². The van der Waals surface area contributed by atoms with Crippen LogP contribution in [0, 0.1) is 0 Å². The number of methoxy groups -OCH3 is 1. The molecule has 1 amide bonds. The first kappa shape index (κ1) is 19.5. The van der Waals surface area contributed by atoms with Crippen LogP contribution in [0.5, 0.6) is 0 Å². The zero-order valence-electron chi connectivity index (χ0n) is 16.0. The Bertz CT molecular complexity index is 1300. The van der Waals surface area contributed by atoms with Gasteiger partial charge in [0, 0.05) is 5.39 Å². The van der Waals surface area contributed by atoms with Crippen molar-refractivity contribution in [3.8, 4) is 10.6 Å². The lowest BCUT2D eigenvalue weighted by Crippen LogP contribution is -2.30. The van der Waals surface area contributed by atoms with Crippen molar-refractivity contribution in [3.05, 3.63) is 82.0 Å². The quantitative estimate of drug-likeness (QED) is 0.500. The summed E-state index contributed by atoms with van der Waals surface area (Å²) in [5, 5.41) is 10.3. The third-order valence-electron chi connectivity index (χ3n) is 4.52. The smallest absolute Gasteiger partial charge is 0.339 e. The van der Waals surface area contributed by atoms with Gasteiger partial charge in [-0.2, -0.15) is 5.10 Å². The number of anilines is 1. The van der Waals surface area contributed by atoms with Crippen molar-refractivity contribution in [3.63, 3.8) is 0 Å². The average molecular weight is 419 g/mol. The van der Waals surface area contributed by atoms with E-state index in [1.807, 2.05) is 29.6 Å². The van der Waals surface area contributed by atoms with Gasteiger partial charge in [0.05, 0.1) is 28.6 Å². The van der Waals surface area contributed by atoms with Gasteiger partial charge < -0.3 is 10.1 Å². The zero-order valence-corrected chi connectivity index (χ0v) is 16.8. The lowest BCUT2D eigenvalue weighted by Gasteiger charge is -2.12. The predicted molar refractivity (Wildman–Crippen MR) is 116 cm³/mol. The van der Waals surface area contributed by atoms with Gasteiger partial charge in [-0.25, -0.2) is 9.48 Å². The number of nitrogens with zero attached hydrogens (tertiary/aromatic N) is 2. The molecule has 0 atom stereocenters. The second-order valence-electron chi connectivity index (χ2n) is 6.42. The number of thiophene rings is 1. The number of rotatable bonds is 5. The number of fused-ring (bicyclic) bond motifs is 1. The van der Waals surface area contributed by atoms with Gasteiger partial charge in [-0.05, 0) is 29.6 Å². The zero-order chi connectivity index (χ0) is 21.1. The molecule has 0 radical (unpaired) electrons. The third kappa shape index (κ3) is 3.72. The Kier molecular flexibility index (Phi) is 5.40. The number of hydrogen-bond donors (Lipinski definition) is 1. The lowest BCUT2D eigenvalue weighted by atomic mass is 10.1. The number of amides is 1. The van der Waals surface area contributed by atoms with Crippen molar-refractivity contribution >= 4 is 39.7 Å². The fourth-order valence-corrected chi connectivity index (χ4v) is 3.87. The summed E-state index contributed by atoms with van der Waals surface area (Å²) in [4.78, 5) is 38.4. The Morgan fingerprint density at radius 3 is 2.50 bits per heavy atom. The number of carbonyl (C=O) groups is 2. The van der Waals surface area contributed by atoms with Crippen molar-refractivity contribution in [2.75, 3.05) is 12.4 Å². The highest BCUT2D eigenvalue weighted by atomic mass is 32.1. The highest BCUT2D eigenvalue weighted by molar-refractivity contribution is 7.13. The minimum atomic E-state index is -0.563. The molecule has 30 heavy (non-hydrogen) atoms. The summed E-state index contributed by atoms with van der Waals surface area (Å²) in [6.07, 6.45) is 0. The predicted octanol–water partition coefficient (Wildman–Crippen LogP) is 3.55. The molecular formula is C22H17N3O4S. The molecule has 4 aromatic rings. The SMILES string of the molecule is COC(=O)c1ccccc1NC(=O)Cn1nc(-c2cccs2)c2ccccc2c1=O. The highest BCUT2D eigenvalue weighted by Gasteiger charge is 2.17. The highest BCUT2D eigenvalue weighted by Crippen LogP contribution is 2.28. The summed E-state index contributed by atoms with van der Waals surface area (Å²) in [6, 6.07) is 17.5. The molecule has 0 saturated heterocycles. The molecule has 2 aromatic heterocycles. The average Bonchev–Trinajstić information content (AvgIpc) is 3.30. The van der Waals surface area contributed by atoms with Crippen molar-refractivity contribution in [2.24, 2.45) is 0 Å². The normalized spacial score (nSPS) is 10.7. The maximum Gasteiger partial charge on any atom is 0.339 e. The molecule has 0 saturated carbocycles. The number of benzene rings is 2. The largest absolute Gasteiger partial charge is 0.465 e. The van der Waals surface area contributed by atoms with E-state index in [1.165, 1.54) is 18.4 Å². The topological polar surface area (TPSA) is 90.3 Å². The molecular weight excluding hydrogens is 402 g/mol. The van der Waals surface area contributed by atoms with Gasteiger partial charge in [0.1, 0.15) is 12.2 Å². The Balaban J connectivity index is 1.70. The van der Waals surface area contributed by atoms with Crippen LogP contribution in [0.1, 0.15) is 10.4 Å². The lowest BCUT2D eigenvalue weighted by molar-refractivity contribution is -0.117. The summed E-state index contributed by atoms with van der Waals surface area (Å²) >= 11 is 1.50. The molecule has 150 valence electrons. The van der Waals surface area contributed by atoms with E-state index in [9.17, 15) is 14.4 Å². The molecule has 7 nitrogen and oxygen atoms in total. The van der Waals surface area contributed by atoms with Gasteiger partial charge in [0.25, 0.3) is 5.56 Å². The van der Waals surface area contributed by atoms with Gasteiger partial charge in [0.2, 0.25) is 5.91 Å². The summed E-state index contributed by atoms with van der Waals surface area (Å²) in [5.74, 6) is -1.04. The van der Waals surface area contributed by atoms with Gasteiger partial charge in [-0.15, -0.1) is 11.3 Å². The number of para-hydroxylation sites is 1. The number of hydrogen-bond acceptors (Lipinski definition) is 6. The first-order chi connectivity index (χ1) is 14.6. The molecule has 0 fully saturated rings. The van der Waals surface area contributed by atoms with Crippen molar-refractivity contribution in [2.45, 2.75) is 6.54 Å². The Morgan fingerprint density at radius 1 is 1.03 bits per heavy atom. The van der Waals surface area contributed by atoms with E-state index < -0.39 is 11.9 Å². The van der Waals surface area contributed by atoms with Crippen LogP contribution < -0.4 is 10.9 Å². The van der Waals surface area contributed by atoms with Crippen molar-refractivity contribution < 1.29 is 14.3 Å². The van der Waals surface area contributed by atoms with E-state index >= 15 is 0 Å². The molecule has 0 aliphatic rings. The van der Waals surface area contributed by atoms with Crippen molar-refractivity contribution in [1.82, 2.24) is 9.78 Å². The van der Waals surface area contributed by atoms with Crippen molar-refractivity contribution in [1.29, 1.82) is 0 Å². The first-order valence-corrected chi connectivity index (χ1v) is 9.97. The minimum absolute atomic E-state index is 0.228. The molecule has 0 aliphatic heterocycles. The number of aromatic nitrogens is 2. The number of nitrogens with one attached hydrogen (secondary N) is 1. The van der Waals surface area contributed by atoms with E-state index in [4.69, 9.17) is 4.74 Å². The molecule has 8 heteroatoms. The third-order valence-corrected chi connectivity index (χ3v) is 5.40. The van der Waals surface area contributed by atoms with E-state index in [0.29, 0.717) is 16.8 Å². The molecule has 2 heterocycles. The number of carbonyl (C=O) groups excluding carboxylic acids is 2. The maximum atomic E-state index is 12.9. The molecule has 0 spiro atoms. The van der Waals surface area contributed by atoms with Crippen LogP contribution in [-0.4, -0.2) is 28.8 Å². The molecule has 2 aromatic carbocycles. The summed E-state index contributed by atoms with van der Waals surface area (Å²) in [7, 11) is 1.27. The van der Waals surface area contributed by atoms with E-state index in [1.54, 1.807) is 36.4 Å². The van der Waals surface area contributed by atoms with E-state index in [2.05, 4.69) is 10.4 Å². The van der Waals surface area contributed by atoms with E-state index in [0.717, 1.165) is 14.9 Å². The standard InChI is InChI=1S/C22H17N3O4S/c1-29-22(28)16-9-4-5-10-17(16)23-19(26)13-25-21(27)15-8-3-2-7-14(15)20(24-25)18-11-6-12-30-18/h2-12H,13H2,1H3,(H,23,26). The summed E-state index contributed by atoms with van der Waals surface area (Å²) in [5.41, 5.74) is 0.818. The molecule has 1 N–H and O–H groups in total. The first-order valence-electron chi connectivity index (χ1n) is 9.09. The molecule has 0 unspecified atom stereocenters. The minimum Gasteiger partial charge on any atom is -0.465 e. The Hall–Kier alpha value is -3.78. The second-order valence-corrected chi connectivity index (χ2v) is 7.37. The Labute approximate surface area is 175 Å². The van der Waals surface area contributed by atoms with Gasteiger partial charge in [-0.1, -0.05) is 36.4 Å². The van der Waals surface area contributed by atoms with Gasteiger partial charge >= 0.3 is 5.97 Å². The molecule has 0 bridgehead atoms. The van der Waals surface area contributed by atoms with Crippen LogP contribution in [0.2, 0.25) is 0 Å². The van der Waals surface area contributed by atoms with Gasteiger partial charge in [-0.3, -0.25) is 9.59 Å². The monoisotopic (exact) mass is 419 g/mol. The van der Waals surface area contributed by atoms with E-state index in [-0.39, 0.29) is 17.7 Å². The van der Waals surface area contributed by atoms with Crippen LogP contribution in [0.4, 0.5) is 5.69 Å². The number of esters is 1. The summed E-state index contributed by atoms with van der Waals surface area (Å²) in [6.45, 7) is -0.294. The second kappa shape index (κ2) is 8.30. The maximum absolute atomic E-state index is 12.9. The Morgan fingerprint density at radius 2 is 1.77 bits per heavy atom. The molecule has 0 aliphatic carbocycles.